The molecule has 5 aromatic rings. The third-order valence-electron chi connectivity index (χ3n) is 4.25. The molecule has 0 fully saturated rings. The Hall–Kier alpha value is -4.20. The summed E-state index contributed by atoms with van der Waals surface area (Å²) < 4.78 is 27.2. The average molecular weight is 402 g/mol. The van der Waals surface area contributed by atoms with E-state index in [1.165, 1.54) is 30.6 Å². The Balaban J connectivity index is 0.000000147. The Bertz CT molecular complexity index is 1270. The molecule has 30 heavy (non-hydrogen) atoms. The van der Waals surface area contributed by atoms with Crippen LogP contribution >= 0.6 is 0 Å². The van der Waals surface area contributed by atoms with Gasteiger partial charge in [0, 0.05) is 35.7 Å². The van der Waals surface area contributed by atoms with Crippen molar-refractivity contribution in [3.8, 4) is 22.5 Å². The number of hydrogen-bond acceptors (Lipinski definition) is 5. The van der Waals surface area contributed by atoms with E-state index >= 15 is 0 Å². The van der Waals surface area contributed by atoms with Gasteiger partial charge < -0.3 is 5.73 Å². The van der Waals surface area contributed by atoms with Gasteiger partial charge in [0.15, 0.2) is 0 Å². The summed E-state index contributed by atoms with van der Waals surface area (Å²) in [6.07, 6.45) is 6.62. The molecule has 0 aliphatic heterocycles. The molecule has 0 unspecified atom stereocenters. The van der Waals surface area contributed by atoms with E-state index in [2.05, 4.69) is 19.9 Å². The Labute approximate surface area is 170 Å². The Morgan fingerprint density at radius 2 is 1.30 bits per heavy atom. The zero-order valence-corrected chi connectivity index (χ0v) is 15.7. The molecule has 0 saturated heterocycles. The summed E-state index contributed by atoms with van der Waals surface area (Å²) in [5, 5.41) is 0. The normalized spacial score (nSPS) is 10.5. The van der Waals surface area contributed by atoms with Gasteiger partial charge >= 0.3 is 0 Å². The molecule has 0 atom stereocenters. The van der Waals surface area contributed by atoms with Crippen molar-refractivity contribution < 1.29 is 8.78 Å². The highest BCUT2D eigenvalue weighted by molar-refractivity contribution is 5.63. The summed E-state index contributed by atoms with van der Waals surface area (Å²) >= 11 is 0. The van der Waals surface area contributed by atoms with Gasteiger partial charge in [-0.15, -0.1) is 0 Å². The molecule has 8 heteroatoms. The quantitative estimate of drug-likeness (QED) is 0.473. The number of anilines is 1. The summed E-state index contributed by atoms with van der Waals surface area (Å²) in [6, 6.07) is 15.8. The zero-order valence-electron chi connectivity index (χ0n) is 15.7. The first kappa shape index (κ1) is 19.1. The van der Waals surface area contributed by atoms with Crippen LogP contribution in [-0.4, -0.2) is 24.3 Å². The van der Waals surface area contributed by atoms with E-state index < -0.39 is 0 Å². The molecular weight excluding hydrogens is 386 g/mol. The highest BCUT2D eigenvalue weighted by atomic mass is 19.1. The fourth-order valence-corrected chi connectivity index (χ4v) is 2.75. The molecule has 0 amide bonds. The molecule has 0 saturated carbocycles. The van der Waals surface area contributed by atoms with Crippen LogP contribution in [-0.2, 0) is 0 Å². The maximum atomic E-state index is 12.8. The third kappa shape index (κ3) is 4.44. The van der Waals surface area contributed by atoms with Gasteiger partial charge in [0.2, 0.25) is 0 Å². The number of rotatable bonds is 2. The van der Waals surface area contributed by atoms with Crippen LogP contribution in [0.2, 0.25) is 0 Å². The Kier molecular flexibility index (Phi) is 5.38. The van der Waals surface area contributed by atoms with E-state index in [9.17, 15) is 8.78 Å². The number of benzene rings is 2. The number of imidazole rings is 1. The SMILES string of the molecule is Fc1ccc(-c2cc3nccn3cn2)cc1.Nc1cc(-c2ccc(F)cc2)ncn1. The second kappa shape index (κ2) is 8.44. The molecule has 3 heterocycles. The first-order chi connectivity index (χ1) is 14.6. The standard InChI is InChI=1S/C12H8FN3.C10H8FN3/c13-10-3-1-9(2-4-10)11-7-12-14-5-6-16(12)8-15-11;11-8-3-1-7(2-4-8)9-5-10(12)14-6-13-9/h1-8H;1-6H,(H2,12,13,14). The van der Waals surface area contributed by atoms with E-state index in [1.807, 2.05) is 16.7 Å². The van der Waals surface area contributed by atoms with Crippen LogP contribution < -0.4 is 5.73 Å². The second-order valence-electron chi connectivity index (χ2n) is 6.31. The fraction of sp³-hybridized carbons (Fsp3) is 0. The summed E-state index contributed by atoms with van der Waals surface area (Å²) in [5.74, 6) is -0.110. The molecule has 2 aromatic carbocycles. The Morgan fingerprint density at radius 3 is 1.90 bits per heavy atom. The highest BCUT2D eigenvalue weighted by Crippen LogP contribution is 2.18. The smallest absolute Gasteiger partial charge is 0.140 e. The number of nitrogens with two attached hydrogens (primary N) is 1. The van der Waals surface area contributed by atoms with Gasteiger partial charge in [-0.2, -0.15) is 0 Å². The summed E-state index contributed by atoms with van der Waals surface area (Å²) in [7, 11) is 0. The van der Waals surface area contributed by atoms with E-state index in [0.717, 1.165) is 22.5 Å². The van der Waals surface area contributed by atoms with Crippen LogP contribution in [0.4, 0.5) is 14.6 Å². The molecule has 5 rings (SSSR count). The molecule has 3 aromatic heterocycles. The van der Waals surface area contributed by atoms with Gasteiger partial charge in [-0.25, -0.2) is 28.7 Å². The van der Waals surface area contributed by atoms with Crippen LogP contribution in [0.3, 0.4) is 0 Å². The van der Waals surface area contributed by atoms with E-state index in [1.54, 1.807) is 42.9 Å². The average Bonchev–Trinajstić information content (AvgIpc) is 3.23. The minimum Gasteiger partial charge on any atom is -0.384 e. The van der Waals surface area contributed by atoms with Gasteiger partial charge in [0.1, 0.15) is 35.8 Å². The van der Waals surface area contributed by atoms with Gasteiger partial charge in [-0.1, -0.05) is 0 Å². The summed E-state index contributed by atoms with van der Waals surface area (Å²) in [5.41, 5.74) is 9.51. The predicted octanol–water partition coefficient (Wildman–Crippen LogP) is 4.40. The first-order valence-electron chi connectivity index (χ1n) is 8.96. The fourth-order valence-electron chi connectivity index (χ4n) is 2.75. The van der Waals surface area contributed by atoms with Crippen molar-refractivity contribution in [1.29, 1.82) is 0 Å². The molecule has 0 spiro atoms. The zero-order chi connectivity index (χ0) is 20.9. The molecule has 0 radical (unpaired) electrons. The lowest BCUT2D eigenvalue weighted by Crippen LogP contribution is -1.92. The molecule has 148 valence electrons. The number of halogens is 2. The summed E-state index contributed by atoms with van der Waals surface area (Å²) in [6.45, 7) is 0. The molecule has 0 bridgehead atoms. The first-order valence-corrected chi connectivity index (χ1v) is 8.96. The third-order valence-corrected chi connectivity index (χ3v) is 4.25. The lowest BCUT2D eigenvalue weighted by Gasteiger charge is -2.01. The monoisotopic (exact) mass is 402 g/mol. The van der Waals surface area contributed by atoms with Crippen LogP contribution in [0.25, 0.3) is 28.2 Å². The van der Waals surface area contributed by atoms with Crippen LogP contribution in [0, 0.1) is 11.6 Å². The lowest BCUT2D eigenvalue weighted by atomic mass is 10.1. The van der Waals surface area contributed by atoms with Gasteiger partial charge in [-0.3, -0.25) is 4.40 Å². The van der Waals surface area contributed by atoms with Crippen LogP contribution in [0.1, 0.15) is 0 Å². The maximum absolute atomic E-state index is 12.8. The minimum absolute atomic E-state index is 0.245. The Morgan fingerprint density at radius 1 is 0.700 bits per heavy atom. The van der Waals surface area contributed by atoms with E-state index in [-0.39, 0.29) is 11.6 Å². The topological polar surface area (TPSA) is 82.0 Å². The van der Waals surface area contributed by atoms with Crippen molar-refractivity contribution in [2.75, 3.05) is 5.73 Å². The molecule has 2 N–H and O–H groups in total. The second-order valence-corrected chi connectivity index (χ2v) is 6.31. The largest absolute Gasteiger partial charge is 0.384 e. The number of fused-ring (bicyclic) bond motifs is 1. The van der Waals surface area contributed by atoms with Crippen LogP contribution in [0.15, 0.2) is 85.7 Å². The molecule has 6 nitrogen and oxygen atoms in total. The van der Waals surface area contributed by atoms with Crippen LogP contribution in [0.5, 0.6) is 0 Å². The van der Waals surface area contributed by atoms with Crippen molar-refractivity contribution in [3.63, 3.8) is 0 Å². The van der Waals surface area contributed by atoms with Gasteiger partial charge in [0.25, 0.3) is 0 Å². The van der Waals surface area contributed by atoms with Crippen molar-refractivity contribution in [1.82, 2.24) is 24.3 Å². The molecule has 0 aliphatic rings. The van der Waals surface area contributed by atoms with Crippen molar-refractivity contribution in [2.45, 2.75) is 0 Å². The van der Waals surface area contributed by atoms with Crippen molar-refractivity contribution in [3.05, 3.63) is 97.3 Å². The minimum atomic E-state index is -0.268. The van der Waals surface area contributed by atoms with Crippen molar-refractivity contribution in [2.24, 2.45) is 0 Å². The maximum Gasteiger partial charge on any atom is 0.140 e. The number of aromatic nitrogens is 5. The van der Waals surface area contributed by atoms with Gasteiger partial charge in [0.05, 0.1) is 11.4 Å². The highest BCUT2D eigenvalue weighted by Gasteiger charge is 2.02. The lowest BCUT2D eigenvalue weighted by molar-refractivity contribution is 0.627. The number of nitrogen functional groups attached to an aromatic ring is 1. The molecular formula is C22H16F2N6. The van der Waals surface area contributed by atoms with Crippen molar-refractivity contribution >= 4 is 11.5 Å². The number of nitrogens with zero attached hydrogens (tertiary/aromatic N) is 5. The van der Waals surface area contributed by atoms with E-state index in [0.29, 0.717) is 11.5 Å². The predicted molar refractivity (Wildman–Crippen MR) is 110 cm³/mol. The summed E-state index contributed by atoms with van der Waals surface area (Å²) in [4.78, 5) is 16.3. The van der Waals surface area contributed by atoms with Gasteiger partial charge in [-0.05, 0) is 48.5 Å². The molecule has 0 aliphatic carbocycles. The number of hydrogen-bond donors (Lipinski definition) is 1. The van der Waals surface area contributed by atoms with E-state index in [4.69, 9.17) is 5.73 Å².